The highest BCUT2D eigenvalue weighted by Crippen LogP contribution is 2.30. The molecule has 1 saturated heterocycles. The first kappa shape index (κ1) is 13.5. The van der Waals surface area contributed by atoms with E-state index in [2.05, 4.69) is 11.9 Å². The second-order valence-electron chi connectivity index (χ2n) is 4.22. The van der Waals surface area contributed by atoms with E-state index in [0.717, 1.165) is 26.2 Å². The third-order valence-electron chi connectivity index (χ3n) is 3.14. The number of hydrogen-bond donors (Lipinski definition) is 1. The monoisotopic (exact) mass is 272 g/mol. The van der Waals surface area contributed by atoms with Crippen LogP contribution in [0, 0.1) is 11.6 Å². The van der Waals surface area contributed by atoms with Gasteiger partial charge in [0.15, 0.2) is 0 Å². The van der Waals surface area contributed by atoms with Crippen LogP contribution in [0.1, 0.15) is 11.6 Å². The fraction of sp³-hybridized carbons (Fsp3) is 0.385. The van der Waals surface area contributed by atoms with Crippen molar-refractivity contribution in [1.82, 2.24) is 10.2 Å². The third kappa shape index (κ3) is 2.55. The summed E-state index contributed by atoms with van der Waals surface area (Å²) < 4.78 is 27.8. The minimum Gasteiger partial charge on any atom is -0.314 e. The quantitative estimate of drug-likeness (QED) is 0.672. The molecule has 0 bridgehead atoms. The first-order valence-corrected chi connectivity index (χ1v) is 6.23. The van der Waals surface area contributed by atoms with E-state index in [9.17, 15) is 8.78 Å². The number of nitrogens with one attached hydrogen (secondary N) is 1. The summed E-state index contributed by atoms with van der Waals surface area (Å²) in [6.07, 6.45) is 1.56. The van der Waals surface area contributed by atoms with E-state index >= 15 is 0 Å². The van der Waals surface area contributed by atoms with Gasteiger partial charge in [0.05, 0.1) is 11.1 Å². The van der Waals surface area contributed by atoms with Gasteiger partial charge in [-0.3, -0.25) is 4.90 Å². The third-order valence-corrected chi connectivity index (χ3v) is 3.44. The van der Waals surface area contributed by atoms with Crippen LogP contribution in [0.15, 0.2) is 24.8 Å². The van der Waals surface area contributed by atoms with Gasteiger partial charge in [0, 0.05) is 31.7 Å². The van der Waals surface area contributed by atoms with Crippen molar-refractivity contribution >= 4 is 11.6 Å². The topological polar surface area (TPSA) is 15.3 Å². The van der Waals surface area contributed by atoms with Crippen molar-refractivity contribution in [2.75, 3.05) is 26.2 Å². The summed E-state index contributed by atoms with van der Waals surface area (Å²) >= 11 is 5.72. The van der Waals surface area contributed by atoms with Crippen molar-refractivity contribution in [1.29, 1.82) is 0 Å². The molecule has 2 nitrogen and oxygen atoms in total. The fourth-order valence-electron chi connectivity index (χ4n) is 2.22. The molecule has 5 heteroatoms. The van der Waals surface area contributed by atoms with Crippen LogP contribution in [-0.4, -0.2) is 31.1 Å². The molecule has 1 aromatic rings. The van der Waals surface area contributed by atoms with Crippen molar-refractivity contribution in [3.05, 3.63) is 47.0 Å². The van der Waals surface area contributed by atoms with Crippen molar-refractivity contribution in [3.63, 3.8) is 0 Å². The van der Waals surface area contributed by atoms with Crippen LogP contribution in [0.25, 0.3) is 0 Å². The predicted octanol–water partition coefficient (Wildman–Crippen LogP) is 2.75. The van der Waals surface area contributed by atoms with Gasteiger partial charge in [-0.05, 0) is 12.1 Å². The molecule has 1 atom stereocenters. The highest BCUT2D eigenvalue weighted by molar-refractivity contribution is 6.30. The zero-order chi connectivity index (χ0) is 13.1. The summed E-state index contributed by atoms with van der Waals surface area (Å²) in [5, 5.41) is 3.13. The summed E-state index contributed by atoms with van der Waals surface area (Å²) in [5.74, 6) is -1.28. The molecule has 98 valence electrons. The van der Waals surface area contributed by atoms with E-state index < -0.39 is 17.7 Å². The van der Waals surface area contributed by atoms with Crippen molar-refractivity contribution in [2.24, 2.45) is 0 Å². The van der Waals surface area contributed by atoms with Crippen molar-refractivity contribution in [3.8, 4) is 0 Å². The van der Waals surface area contributed by atoms with Crippen LogP contribution >= 0.6 is 11.6 Å². The largest absolute Gasteiger partial charge is 0.314 e. The lowest BCUT2D eigenvalue weighted by molar-refractivity contribution is 0.197. The summed E-state index contributed by atoms with van der Waals surface area (Å²) in [4.78, 5) is 1.99. The molecule has 0 amide bonds. The zero-order valence-electron chi connectivity index (χ0n) is 9.93. The number of piperazine rings is 1. The number of benzene rings is 1. The molecule has 1 heterocycles. The number of rotatable bonds is 3. The maximum absolute atomic E-state index is 14.0. The lowest BCUT2D eigenvalue weighted by Crippen LogP contribution is -2.45. The Bertz CT molecular complexity index is 445. The molecule has 1 aliphatic heterocycles. The van der Waals surface area contributed by atoms with E-state index in [4.69, 9.17) is 11.6 Å². The molecule has 1 N–H and O–H groups in total. The Kier molecular flexibility index (Phi) is 4.32. The van der Waals surface area contributed by atoms with E-state index in [1.54, 1.807) is 6.08 Å². The first-order chi connectivity index (χ1) is 8.65. The summed E-state index contributed by atoms with van der Waals surface area (Å²) in [6.45, 7) is 6.73. The molecule has 0 unspecified atom stereocenters. The Hall–Kier alpha value is -0.970. The van der Waals surface area contributed by atoms with E-state index in [1.807, 2.05) is 4.90 Å². The average Bonchev–Trinajstić information content (AvgIpc) is 2.40. The van der Waals surface area contributed by atoms with Gasteiger partial charge in [0.2, 0.25) is 0 Å². The molecule has 1 aromatic carbocycles. The van der Waals surface area contributed by atoms with Gasteiger partial charge in [-0.15, -0.1) is 6.58 Å². The normalized spacial score (nSPS) is 18.6. The molecule has 1 fully saturated rings. The molecule has 0 aliphatic carbocycles. The minimum absolute atomic E-state index is 0.0144. The van der Waals surface area contributed by atoms with Crippen LogP contribution in [0.4, 0.5) is 8.78 Å². The van der Waals surface area contributed by atoms with Gasteiger partial charge in [0.1, 0.15) is 11.6 Å². The Morgan fingerprint density at radius 3 is 2.61 bits per heavy atom. The lowest BCUT2D eigenvalue weighted by Gasteiger charge is -2.33. The molecular formula is C13H15ClF2N2. The van der Waals surface area contributed by atoms with Crippen LogP contribution in [0.5, 0.6) is 0 Å². The fourth-order valence-corrected chi connectivity index (χ4v) is 2.39. The van der Waals surface area contributed by atoms with Gasteiger partial charge in [-0.25, -0.2) is 8.78 Å². The molecule has 2 rings (SSSR count). The van der Waals surface area contributed by atoms with E-state index in [1.165, 1.54) is 12.1 Å². The average molecular weight is 273 g/mol. The molecule has 0 saturated carbocycles. The molecule has 0 radical (unpaired) electrons. The summed E-state index contributed by atoms with van der Waals surface area (Å²) in [6, 6.07) is 1.94. The smallest absolute Gasteiger partial charge is 0.149 e. The standard InChI is InChI=1S/C13H15ClF2N2/c1-2-11(18-7-5-17-6-8-18)12-10(15)4-3-9(14)13(12)16/h2-4,11,17H,1,5-8H2/t11-/m0/s1. The highest BCUT2D eigenvalue weighted by atomic mass is 35.5. The van der Waals surface area contributed by atoms with E-state index in [0.29, 0.717) is 0 Å². The Morgan fingerprint density at radius 2 is 2.00 bits per heavy atom. The van der Waals surface area contributed by atoms with Gasteiger partial charge in [-0.2, -0.15) is 0 Å². The SMILES string of the molecule is C=C[C@@H](c1c(F)ccc(Cl)c1F)N1CCNCC1. The van der Waals surface area contributed by atoms with Crippen LogP contribution in [-0.2, 0) is 0 Å². The maximum atomic E-state index is 14.0. The van der Waals surface area contributed by atoms with Crippen molar-refractivity contribution < 1.29 is 8.78 Å². The number of hydrogen-bond acceptors (Lipinski definition) is 2. The molecule has 0 spiro atoms. The summed E-state index contributed by atoms with van der Waals surface area (Å²) in [7, 11) is 0. The first-order valence-electron chi connectivity index (χ1n) is 5.86. The van der Waals surface area contributed by atoms with Gasteiger partial charge in [0.25, 0.3) is 0 Å². The van der Waals surface area contributed by atoms with Crippen molar-refractivity contribution in [2.45, 2.75) is 6.04 Å². The van der Waals surface area contributed by atoms with Gasteiger partial charge < -0.3 is 5.32 Å². The molecule has 1 aliphatic rings. The van der Waals surface area contributed by atoms with Gasteiger partial charge in [-0.1, -0.05) is 17.7 Å². The maximum Gasteiger partial charge on any atom is 0.149 e. The minimum atomic E-state index is -0.694. The molecule has 0 aromatic heterocycles. The Labute approximate surface area is 110 Å². The molecule has 18 heavy (non-hydrogen) atoms. The number of nitrogens with zero attached hydrogens (tertiary/aromatic N) is 1. The predicted molar refractivity (Wildman–Crippen MR) is 68.7 cm³/mol. The Balaban J connectivity index is 2.37. The van der Waals surface area contributed by atoms with E-state index in [-0.39, 0.29) is 10.6 Å². The second kappa shape index (κ2) is 5.78. The number of halogens is 3. The van der Waals surface area contributed by atoms with Crippen LogP contribution < -0.4 is 5.32 Å². The lowest BCUT2D eigenvalue weighted by atomic mass is 10.0. The van der Waals surface area contributed by atoms with Crippen LogP contribution in [0.2, 0.25) is 5.02 Å². The zero-order valence-corrected chi connectivity index (χ0v) is 10.7. The Morgan fingerprint density at radius 1 is 1.33 bits per heavy atom. The summed E-state index contributed by atoms with van der Waals surface area (Å²) in [5.41, 5.74) is -0.0144. The van der Waals surface area contributed by atoms with Gasteiger partial charge >= 0.3 is 0 Å². The molecular weight excluding hydrogens is 258 g/mol. The highest BCUT2D eigenvalue weighted by Gasteiger charge is 2.26. The van der Waals surface area contributed by atoms with Crippen LogP contribution in [0.3, 0.4) is 0 Å². The second-order valence-corrected chi connectivity index (χ2v) is 4.63.